The summed E-state index contributed by atoms with van der Waals surface area (Å²) in [6.07, 6.45) is 0.526. The maximum Gasteiger partial charge on any atom is 0.328 e. The average molecular weight is 290 g/mol. The van der Waals surface area contributed by atoms with E-state index in [-0.39, 0.29) is 5.69 Å². The summed E-state index contributed by atoms with van der Waals surface area (Å²) in [5.74, 6) is -0.799. The van der Waals surface area contributed by atoms with Gasteiger partial charge in [0.2, 0.25) is 0 Å². The molecular weight excluding hydrogens is 277 g/mol. The first-order chi connectivity index (χ1) is 7.58. The Morgan fingerprint density at radius 2 is 2.31 bits per heavy atom. The molecule has 1 atom stereocenters. The number of halogens is 2. The maximum absolute atomic E-state index is 13.4. The van der Waals surface area contributed by atoms with Crippen LogP contribution in [0.15, 0.2) is 22.7 Å². The van der Waals surface area contributed by atoms with Crippen LogP contribution in [0.2, 0.25) is 0 Å². The highest BCUT2D eigenvalue weighted by atomic mass is 79.9. The van der Waals surface area contributed by atoms with Gasteiger partial charge in [0.25, 0.3) is 0 Å². The molecule has 0 heterocycles. The van der Waals surface area contributed by atoms with E-state index < -0.39 is 17.8 Å². The second-order valence-electron chi connectivity index (χ2n) is 3.25. The number of carbonyl (C=O) groups excluding carboxylic acids is 1. The Labute approximate surface area is 102 Å². The maximum atomic E-state index is 13.4. The highest BCUT2D eigenvalue weighted by Crippen LogP contribution is 2.21. The summed E-state index contributed by atoms with van der Waals surface area (Å²) in [7, 11) is 1.31. The first-order valence-corrected chi connectivity index (χ1v) is 5.67. The minimum absolute atomic E-state index is 0.284. The third kappa shape index (κ3) is 3.20. The van der Waals surface area contributed by atoms with E-state index in [2.05, 4.69) is 26.0 Å². The fourth-order valence-electron chi connectivity index (χ4n) is 1.27. The quantitative estimate of drug-likeness (QED) is 0.866. The van der Waals surface area contributed by atoms with Crippen molar-refractivity contribution in [3.63, 3.8) is 0 Å². The number of nitrogens with one attached hydrogen (secondary N) is 1. The van der Waals surface area contributed by atoms with Gasteiger partial charge in [-0.25, -0.2) is 9.18 Å². The van der Waals surface area contributed by atoms with Crippen LogP contribution in [0.3, 0.4) is 0 Å². The Morgan fingerprint density at radius 3 is 2.88 bits per heavy atom. The van der Waals surface area contributed by atoms with E-state index in [0.29, 0.717) is 6.42 Å². The number of rotatable bonds is 4. The number of methoxy groups -OCH3 is 1. The van der Waals surface area contributed by atoms with Crippen LogP contribution in [0.1, 0.15) is 13.3 Å². The molecule has 1 aromatic carbocycles. The van der Waals surface area contributed by atoms with Crippen LogP contribution in [0.25, 0.3) is 0 Å². The molecule has 0 aliphatic carbocycles. The lowest BCUT2D eigenvalue weighted by Crippen LogP contribution is -2.30. The molecule has 1 rings (SSSR count). The van der Waals surface area contributed by atoms with Crippen LogP contribution in [0.5, 0.6) is 0 Å². The third-order valence-electron chi connectivity index (χ3n) is 2.15. The van der Waals surface area contributed by atoms with E-state index in [1.807, 2.05) is 6.92 Å². The first-order valence-electron chi connectivity index (χ1n) is 4.88. The summed E-state index contributed by atoms with van der Waals surface area (Å²) in [5.41, 5.74) is 0.284. The van der Waals surface area contributed by atoms with E-state index in [1.165, 1.54) is 13.2 Å². The Hall–Kier alpha value is -1.10. The molecule has 0 radical (unpaired) electrons. The largest absolute Gasteiger partial charge is 0.467 e. The molecule has 0 saturated carbocycles. The van der Waals surface area contributed by atoms with Crippen LogP contribution in [-0.4, -0.2) is 19.1 Å². The van der Waals surface area contributed by atoms with Gasteiger partial charge in [0.15, 0.2) is 0 Å². The Morgan fingerprint density at radius 1 is 1.62 bits per heavy atom. The smallest absolute Gasteiger partial charge is 0.328 e. The highest BCUT2D eigenvalue weighted by Gasteiger charge is 2.17. The molecule has 0 aliphatic heterocycles. The Bertz CT molecular complexity index is 384. The van der Waals surface area contributed by atoms with Gasteiger partial charge in [-0.3, -0.25) is 0 Å². The van der Waals surface area contributed by atoms with Gasteiger partial charge < -0.3 is 10.1 Å². The number of anilines is 1. The molecule has 1 N–H and O–H groups in total. The SMILES string of the molecule is CCC(Nc1cc(Br)ccc1F)C(=O)OC. The summed E-state index contributed by atoms with van der Waals surface area (Å²) < 4.78 is 18.8. The molecule has 0 fully saturated rings. The predicted molar refractivity (Wildman–Crippen MR) is 63.8 cm³/mol. The zero-order valence-corrected chi connectivity index (χ0v) is 10.7. The van der Waals surface area contributed by atoms with Crippen LogP contribution >= 0.6 is 15.9 Å². The highest BCUT2D eigenvalue weighted by molar-refractivity contribution is 9.10. The molecule has 0 saturated heterocycles. The number of hydrogen-bond donors (Lipinski definition) is 1. The van der Waals surface area contributed by atoms with Crippen molar-refractivity contribution >= 4 is 27.6 Å². The molecule has 0 amide bonds. The lowest BCUT2D eigenvalue weighted by Gasteiger charge is -2.16. The molecule has 16 heavy (non-hydrogen) atoms. The second-order valence-corrected chi connectivity index (χ2v) is 4.17. The molecule has 0 aliphatic rings. The zero-order chi connectivity index (χ0) is 12.1. The lowest BCUT2D eigenvalue weighted by molar-refractivity contribution is -0.141. The number of esters is 1. The molecule has 0 aromatic heterocycles. The molecule has 0 bridgehead atoms. The van der Waals surface area contributed by atoms with Crippen molar-refractivity contribution in [3.05, 3.63) is 28.5 Å². The molecule has 1 unspecified atom stereocenters. The third-order valence-corrected chi connectivity index (χ3v) is 2.65. The van der Waals surface area contributed by atoms with Crippen LogP contribution in [0, 0.1) is 5.82 Å². The van der Waals surface area contributed by atoms with Gasteiger partial charge in [-0.05, 0) is 24.6 Å². The van der Waals surface area contributed by atoms with E-state index in [0.717, 1.165) is 4.47 Å². The Balaban J connectivity index is 2.85. The zero-order valence-electron chi connectivity index (χ0n) is 9.09. The topological polar surface area (TPSA) is 38.3 Å². The van der Waals surface area contributed by atoms with Crippen molar-refractivity contribution < 1.29 is 13.9 Å². The average Bonchev–Trinajstić information content (AvgIpc) is 2.29. The van der Waals surface area contributed by atoms with Gasteiger partial charge in [-0.1, -0.05) is 22.9 Å². The van der Waals surface area contributed by atoms with Gasteiger partial charge in [0.1, 0.15) is 11.9 Å². The van der Waals surface area contributed by atoms with Crippen molar-refractivity contribution in [2.45, 2.75) is 19.4 Å². The lowest BCUT2D eigenvalue weighted by atomic mass is 10.2. The van der Waals surface area contributed by atoms with Gasteiger partial charge in [-0.15, -0.1) is 0 Å². The minimum atomic E-state index is -0.534. The normalized spacial score (nSPS) is 12.0. The van der Waals surface area contributed by atoms with E-state index in [1.54, 1.807) is 12.1 Å². The van der Waals surface area contributed by atoms with Crippen LogP contribution in [-0.2, 0) is 9.53 Å². The number of benzene rings is 1. The first kappa shape index (κ1) is 13.0. The molecule has 5 heteroatoms. The van der Waals surface area contributed by atoms with Crippen molar-refractivity contribution in [3.8, 4) is 0 Å². The second kappa shape index (κ2) is 5.84. The molecule has 0 spiro atoms. The summed E-state index contributed by atoms with van der Waals surface area (Å²) >= 11 is 3.24. The summed E-state index contributed by atoms with van der Waals surface area (Å²) in [5, 5.41) is 2.81. The molecule has 88 valence electrons. The van der Waals surface area contributed by atoms with Crippen molar-refractivity contribution in [1.29, 1.82) is 0 Å². The molecule has 3 nitrogen and oxygen atoms in total. The summed E-state index contributed by atoms with van der Waals surface area (Å²) in [6.45, 7) is 1.82. The number of ether oxygens (including phenoxy) is 1. The van der Waals surface area contributed by atoms with Crippen LogP contribution < -0.4 is 5.32 Å². The monoisotopic (exact) mass is 289 g/mol. The van der Waals surface area contributed by atoms with E-state index in [9.17, 15) is 9.18 Å². The molecular formula is C11H13BrFNO2. The standard InChI is InChI=1S/C11H13BrFNO2/c1-3-9(11(15)16-2)14-10-6-7(12)4-5-8(10)13/h4-6,9,14H,3H2,1-2H3. The van der Waals surface area contributed by atoms with Crippen molar-refractivity contribution in [2.75, 3.05) is 12.4 Å². The summed E-state index contributed by atoms with van der Waals surface area (Å²) in [6, 6.07) is 3.98. The number of carbonyl (C=O) groups is 1. The predicted octanol–water partition coefficient (Wildman–Crippen LogP) is 2.95. The Kier molecular flexibility index (Phi) is 4.73. The van der Waals surface area contributed by atoms with Gasteiger partial charge in [-0.2, -0.15) is 0 Å². The number of hydrogen-bond acceptors (Lipinski definition) is 3. The van der Waals surface area contributed by atoms with Crippen LogP contribution in [0.4, 0.5) is 10.1 Å². The molecule has 1 aromatic rings. The van der Waals surface area contributed by atoms with E-state index >= 15 is 0 Å². The van der Waals surface area contributed by atoms with Crippen molar-refractivity contribution in [2.24, 2.45) is 0 Å². The fourth-order valence-corrected chi connectivity index (χ4v) is 1.63. The van der Waals surface area contributed by atoms with E-state index in [4.69, 9.17) is 0 Å². The van der Waals surface area contributed by atoms with Crippen molar-refractivity contribution in [1.82, 2.24) is 0 Å². The van der Waals surface area contributed by atoms with Gasteiger partial charge in [0.05, 0.1) is 12.8 Å². The van der Waals surface area contributed by atoms with Gasteiger partial charge in [0, 0.05) is 4.47 Å². The summed E-state index contributed by atoms with van der Waals surface area (Å²) in [4.78, 5) is 11.3. The minimum Gasteiger partial charge on any atom is -0.467 e. The van der Waals surface area contributed by atoms with Gasteiger partial charge >= 0.3 is 5.97 Å². The fraction of sp³-hybridized carbons (Fsp3) is 0.364.